The number of carbonyl (C=O) groups excluding carboxylic acids is 1. The number of amides is 1. The number of nitrogens with zero attached hydrogens (tertiary/aromatic N) is 3. The normalized spacial score (nSPS) is 21.8. The van der Waals surface area contributed by atoms with Crippen molar-refractivity contribution < 1.29 is 9.53 Å². The molecule has 3 fully saturated rings. The molecule has 1 aromatic heterocycles. The van der Waals surface area contributed by atoms with Crippen LogP contribution in [0.2, 0.25) is 0 Å². The van der Waals surface area contributed by atoms with Crippen molar-refractivity contribution in [3.63, 3.8) is 0 Å². The minimum Gasteiger partial charge on any atom is -0.497 e. The molecule has 1 aromatic carbocycles. The molecule has 1 amide bonds. The summed E-state index contributed by atoms with van der Waals surface area (Å²) in [6.45, 7) is 4.45. The molecule has 1 saturated heterocycles. The molecular formula is C26H34N4O2. The van der Waals surface area contributed by atoms with E-state index in [4.69, 9.17) is 4.74 Å². The molecule has 5 rings (SSSR count). The Morgan fingerprint density at radius 1 is 1.22 bits per heavy atom. The van der Waals surface area contributed by atoms with Crippen molar-refractivity contribution in [1.82, 2.24) is 14.9 Å². The third-order valence-corrected chi connectivity index (χ3v) is 7.76. The number of hydrogen-bond acceptors (Lipinski definition) is 5. The van der Waals surface area contributed by atoms with Crippen LogP contribution in [-0.2, 0) is 17.8 Å². The number of hydrogen-bond donors (Lipinski definition) is 1. The van der Waals surface area contributed by atoms with Gasteiger partial charge in [0.05, 0.1) is 7.11 Å². The predicted molar refractivity (Wildman–Crippen MR) is 124 cm³/mol. The number of carbonyl (C=O) groups is 1. The van der Waals surface area contributed by atoms with E-state index in [0.717, 1.165) is 67.4 Å². The number of rotatable bonds is 7. The maximum Gasteiger partial charge on any atom is 0.226 e. The summed E-state index contributed by atoms with van der Waals surface area (Å²) in [6.07, 6.45) is 8.12. The van der Waals surface area contributed by atoms with Crippen LogP contribution in [0.15, 0.2) is 30.3 Å². The maximum absolute atomic E-state index is 12.8. The molecule has 32 heavy (non-hydrogen) atoms. The minimum absolute atomic E-state index is 0.343. The van der Waals surface area contributed by atoms with Crippen LogP contribution in [0, 0.1) is 24.2 Å². The fourth-order valence-corrected chi connectivity index (χ4v) is 5.55. The molecule has 1 aliphatic heterocycles. The van der Waals surface area contributed by atoms with Gasteiger partial charge in [-0.1, -0.05) is 18.6 Å². The number of aryl methyl sites for hydroxylation is 1. The molecular weight excluding hydrogens is 400 g/mol. The number of aromatic nitrogens is 2. The zero-order valence-corrected chi connectivity index (χ0v) is 19.3. The number of ether oxygens (including phenoxy) is 1. The van der Waals surface area contributed by atoms with Gasteiger partial charge in [-0.3, -0.25) is 4.79 Å². The molecule has 0 bridgehead atoms. The first kappa shape index (κ1) is 21.2. The number of anilines is 1. The molecule has 2 heterocycles. The standard InChI is InChI=1S/C26H34N4O2/c1-18-28-21(15-24(29-18)27-17-20-5-3-6-22(14-20)32-2)13-19-7-11-30(12-8-19)25(31)23-16-26(23)9-4-10-26/h3,5-6,14-15,19,23H,4,7-13,16-17H2,1-2H3,(H,27,28,29)/t23-/m1/s1. The summed E-state index contributed by atoms with van der Waals surface area (Å²) in [7, 11) is 1.68. The Labute approximate surface area is 190 Å². The van der Waals surface area contributed by atoms with Crippen LogP contribution < -0.4 is 10.1 Å². The molecule has 0 unspecified atom stereocenters. The fourth-order valence-electron chi connectivity index (χ4n) is 5.55. The highest BCUT2D eigenvalue weighted by atomic mass is 16.5. The van der Waals surface area contributed by atoms with Gasteiger partial charge in [-0.15, -0.1) is 0 Å². The van der Waals surface area contributed by atoms with Gasteiger partial charge in [0, 0.05) is 37.3 Å². The predicted octanol–water partition coefficient (Wildman–Crippen LogP) is 4.38. The van der Waals surface area contributed by atoms with Crippen LogP contribution in [0.4, 0.5) is 5.82 Å². The van der Waals surface area contributed by atoms with Crippen molar-refractivity contribution in [3.05, 3.63) is 47.4 Å². The van der Waals surface area contributed by atoms with Crippen molar-refractivity contribution in [2.24, 2.45) is 17.3 Å². The third kappa shape index (κ3) is 4.45. The first-order chi connectivity index (χ1) is 15.5. The van der Waals surface area contributed by atoms with E-state index in [1.807, 2.05) is 25.1 Å². The van der Waals surface area contributed by atoms with Crippen molar-refractivity contribution in [1.29, 1.82) is 0 Å². The highest BCUT2D eigenvalue weighted by Gasteiger charge is 2.61. The van der Waals surface area contributed by atoms with E-state index in [-0.39, 0.29) is 0 Å². The molecule has 1 spiro atoms. The monoisotopic (exact) mass is 434 g/mol. The van der Waals surface area contributed by atoms with Crippen LogP contribution in [0.3, 0.4) is 0 Å². The Hall–Kier alpha value is -2.63. The van der Waals surface area contributed by atoms with Crippen molar-refractivity contribution in [2.45, 2.75) is 58.4 Å². The van der Waals surface area contributed by atoms with Crippen LogP contribution in [0.5, 0.6) is 5.75 Å². The lowest BCUT2D eigenvalue weighted by Crippen LogP contribution is -2.41. The molecule has 2 aliphatic carbocycles. The average molecular weight is 435 g/mol. The quantitative estimate of drug-likeness (QED) is 0.701. The smallest absolute Gasteiger partial charge is 0.226 e. The second-order valence-electron chi connectivity index (χ2n) is 9.94. The second kappa shape index (κ2) is 8.72. The van der Waals surface area contributed by atoms with E-state index in [9.17, 15) is 4.79 Å². The maximum atomic E-state index is 12.8. The summed E-state index contributed by atoms with van der Waals surface area (Å²) in [5, 5.41) is 3.43. The second-order valence-corrected chi connectivity index (χ2v) is 9.94. The molecule has 2 saturated carbocycles. The van der Waals surface area contributed by atoms with Gasteiger partial charge in [-0.05, 0) is 74.5 Å². The van der Waals surface area contributed by atoms with Gasteiger partial charge in [-0.25, -0.2) is 9.97 Å². The SMILES string of the molecule is COc1cccc(CNc2cc(CC3CCN(C(=O)[C@H]4CC45CCC5)CC3)nc(C)n2)c1. The number of piperidine rings is 1. The fraction of sp³-hybridized carbons (Fsp3) is 0.577. The van der Waals surface area contributed by atoms with Gasteiger partial charge in [0.15, 0.2) is 0 Å². The summed E-state index contributed by atoms with van der Waals surface area (Å²) in [6, 6.07) is 10.1. The van der Waals surface area contributed by atoms with E-state index < -0.39 is 0 Å². The van der Waals surface area contributed by atoms with E-state index in [2.05, 4.69) is 32.3 Å². The van der Waals surface area contributed by atoms with E-state index >= 15 is 0 Å². The van der Waals surface area contributed by atoms with Crippen LogP contribution in [-0.4, -0.2) is 41.0 Å². The summed E-state index contributed by atoms with van der Waals surface area (Å²) in [5.74, 6) is 3.88. The Balaban J connectivity index is 1.14. The highest BCUT2D eigenvalue weighted by molar-refractivity contribution is 5.83. The lowest BCUT2D eigenvalue weighted by molar-refractivity contribution is -0.135. The highest BCUT2D eigenvalue weighted by Crippen LogP contribution is 2.66. The first-order valence-electron chi connectivity index (χ1n) is 12.0. The van der Waals surface area contributed by atoms with Gasteiger partial charge in [0.25, 0.3) is 0 Å². The summed E-state index contributed by atoms with van der Waals surface area (Å²) < 4.78 is 5.31. The topological polar surface area (TPSA) is 67.3 Å². The molecule has 1 atom stereocenters. The molecule has 1 N–H and O–H groups in total. The Morgan fingerprint density at radius 2 is 2.03 bits per heavy atom. The number of nitrogens with one attached hydrogen (secondary N) is 1. The van der Waals surface area contributed by atoms with E-state index in [1.165, 1.54) is 19.3 Å². The largest absolute Gasteiger partial charge is 0.497 e. The molecule has 170 valence electrons. The summed E-state index contributed by atoms with van der Waals surface area (Å²) in [4.78, 5) is 24.2. The number of likely N-dealkylation sites (tertiary alicyclic amines) is 1. The molecule has 3 aliphatic rings. The molecule has 6 nitrogen and oxygen atoms in total. The Bertz CT molecular complexity index is 980. The van der Waals surface area contributed by atoms with Gasteiger partial charge < -0.3 is 15.0 Å². The first-order valence-corrected chi connectivity index (χ1v) is 12.0. The van der Waals surface area contributed by atoms with Crippen LogP contribution >= 0.6 is 0 Å². The van der Waals surface area contributed by atoms with Gasteiger partial charge in [-0.2, -0.15) is 0 Å². The van der Waals surface area contributed by atoms with E-state index in [1.54, 1.807) is 7.11 Å². The number of benzene rings is 1. The molecule has 6 heteroatoms. The van der Waals surface area contributed by atoms with Gasteiger partial charge >= 0.3 is 0 Å². The number of methoxy groups -OCH3 is 1. The Kier molecular flexibility index (Phi) is 5.78. The lowest BCUT2D eigenvalue weighted by atomic mass is 9.79. The average Bonchev–Trinajstić information content (AvgIpc) is 3.55. The Morgan fingerprint density at radius 3 is 2.72 bits per heavy atom. The van der Waals surface area contributed by atoms with Crippen LogP contribution in [0.25, 0.3) is 0 Å². The van der Waals surface area contributed by atoms with Crippen LogP contribution in [0.1, 0.15) is 55.6 Å². The third-order valence-electron chi connectivity index (χ3n) is 7.76. The molecule has 0 radical (unpaired) electrons. The summed E-state index contributed by atoms with van der Waals surface area (Å²) >= 11 is 0. The van der Waals surface area contributed by atoms with Crippen molar-refractivity contribution >= 4 is 11.7 Å². The van der Waals surface area contributed by atoms with Gasteiger partial charge in [0.2, 0.25) is 5.91 Å². The molecule has 2 aromatic rings. The van der Waals surface area contributed by atoms with Crippen molar-refractivity contribution in [3.8, 4) is 5.75 Å². The van der Waals surface area contributed by atoms with Crippen molar-refractivity contribution in [2.75, 3.05) is 25.5 Å². The van der Waals surface area contributed by atoms with E-state index in [0.29, 0.717) is 29.7 Å². The van der Waals surface area contributed by atoms with Gasteiger partial charge in [0.1, 0.15) is 17.4 Å². The zero-order valence-electron chi connectivity index (χ0n) is 19.3. The lowest BCUT2D eigenvalue weighted by Gasteiger charge is -2.34. The minimum atomic E-state index is 0.343. The zero-order chi connectivity index (χ0) is 22.1. The summed E-state index contributed by atoms with van der Waals surface area (Å²) in [5.41, 5.74) is 2.67.